The third-order valence-corrected chi connectivity index (χ3v) is 5.52. The molecule has 0 saturated carbocycles. The molecule has 7 heteroatoms. The minimum absolute atomic E-state index is 0.000319. The third kappa shape index (κ3) is 3.37. The van der Waals surface area contributed by atoms with Gasteiger partial charge >= 0.3 is 0 Å². The van der Waals surface area contributed by atoms with Gasteiger partial charge in [0.2, 0.25) is 0 Å². The predicted octanol–water partition coefficient (Wildman–Crippen LogP) is 4.49. The number of alkyl halides is 1. The van der Waals surface area contributed by atoms with Gasteiger partial charge in [0.05, 0.1) is 16.8 Å². The van der Waals surface area contributed by atoms with Gasteiger partial charge in [0.15, 0.2) is 9.84 Å². The first kappa shape index (κ1) is 15.4. The molecule has 0 amide bonds. The van der Waals surface area contributed by atoms with E-state index in [1.807, 2.05) is 0 Å². The molecule has 0 atom stereocenters. The van der Waals surface area contributed by atoms with Crippen molar-refractivity contribution >= 4 is 21.2 Å². The van der Waals surface area contributed by atoms with Gasteiger partial charge in [-0.3, -0.25) is 0 Å². The Balaban J connectivity index is 2.17. The number of rotatable bonds is 4. The molecule has 24 heavy (non-hydrogen) atoms. The first-order chi connectivity index (χ1) is 11.8. The maximum absolute atomic E-state index is 13.2. The molecule has 1 aromatic heterocycles. The lowest BCUT2D eigenvalue weighted by Crippen LogP contribution is -1.96. The summed E-state index contributed by atoms with van der Waals surface area (Å²) in [4.78, 5) is 4.82. The van der Waals surface area contributed by atoms with E-state index < -0.39 is 22.3 Å². The van der Waals surface area contributed by atoms with Crippen LogP contribution >= 0.6 is 11.3 Å². The Kier molecular flexibility index (Phi) is 4.12. The van der Waals surface area contributed by atoms with Gasteiger partial charge in [-0.2, -0.15) is 0 Å². The van der Waals surface area contributed by atoms with E-state index in [4.69, 9.17) is 1.37 Å². The number of hydrogen-bond acceptors (Lipinski definition) is 4. The van der Waals surface area contributed by atoms with Crippen molar-refractivity contribution in [2.45, 2.75) is 11.6 Å². The summed E-state index contributed by atoms with van der Waals surface area (Å²) in [6.45, 7) is -0.756. The van der Waals surface area contributed by atoms with Crippen LogP contribution in [0.4, 0.5) is 8.78 Å². The lowest BCUT2D eigenvalue weighted by molar-refractivity contribution is 0.484. The second-order valence-corrected chi connectivity index (χ2v) is 8.24. The summed E-state index contributed by atoms with van der Waals surface area (Å²) in [7, 11) is -3.42. The zero-order valence-electron chi connectivity index (χ0n) is 13.6. The zero-order valence-corrected chi connectivity index (χ0v) is 14.2. The summed E-state index contributed by atoms with van der Waals surface area (Å²) < 4.78 is 57.7. The van der Waals surface area contributed by atoms with Crippen molar-refractivity contribution in [1.29, 1.82) is 0 Å². The van der Waals surface area contributed by atoms with Gasteiger partial charge in [-0.1, -0.05) is 12.1 Å². The minimum atomic E-state index is -3.42. The van der Waals surface area contributed by atoms with Gasteiger partial charge in [0.25, 0.3) is 0 Å². The van der Waals surface area contributed by atoms with Crippen LogP contribution in [-0.4, -0.2) is 19.7 Å². The maximum Gasteiger partial charge on any atom is 0.175 e. The van der Waals surface area contributed by atoms with E-state index in [2.05, 4.69) is 4.98 Å². The number of thiazole rings is 1. The molecule has 0 unspecified atom stereocenters. The molecular weight excluding hydrogens is 352 g/mol. The fourth-order valence-electron chi connectivity index (χ4n) is 2.19. The summed E-state index contributed by atoms with van der Waals surface area (Å²) in [6, 6.07) is 9.81. The second-order valence-electron chi connectivity index (χ2n) is 5.14. The Morgan fingerprint density at radius 1 is 1.12 bits per heavy atom. The standard InChI is InChI=1S/C17H13F2NO2S2/c1-24(21,22)14-8-4-12(5-9-14)17-16(20-15(10-18)23-17)11-2-6-13(19)7-3-11/h2-9H,10H2,1H3/i4T. The highest BCUT2D eigenvalue weighted by atomic mass is 32.2. The van der Waals surface area contributed by atoms with Crippen LogP contribution in [0.2, 0.25) is 0 Å². The lowest BCUT2D eigenvalue weighted by atomic mass is 10.1. The molecule has 0 bridgehead atoms. The Bertz CT molecular complexity index is 1030. The molecule has 3 rings (SSSR count). The van der Waals surface area contributed by atoms with Crippen molar-refractivity contribution in [1.82, 2.24) is 4.98 Å². The summed E-state index contributed by atoms with van der Waals surface area (Å²) in [5, 5.41) is 0.237. The number of benzene rings is 2. The van der Waals surface area contributed by atoms with E-state index in [1.54, 1.807) is 0 Å². The maximum atomic E-state index is 13.2. The Labute approximate surface area is 143 Å². The predicted molar refractivity (Wildman–Crippen MR) is 90.9 cm³/mol. The molecule has 0 radical (unpaired) electrons. The molecule has 3 aromatic rings. The van der Waals surface area contributed by atoms with Crippen molar-refractivity contribution < 1.29 is 18.6 Å². The topological polar surface area (TPSA) is 47.0 Å². The number of hydrogen-bond donors (Lipinski definition) is 0. The van der Waals surface area contributed by atoms with Crippen LogP contribution < -0.4 is 0 Å². The van der Waals surface area contributed by atoms with Gasteiger partial charge in [0.1, 0.15) is 17.5 Å². The van der Waals surface area contributed by atoms with Crippen molar-refractivity contribution in [2.24, 2.45) is 0 Å². The van der Waals surface area contributed by atoms with Gasteiger partial charge < -0.3 is 0 Å². The van der Waals surface area contributed by atoms with E-state index in [9.17, 15) is 17.2 Å². The molecule has 3 nitrogen and oxygen atoms in total. The number of halogens is 2. The van der Waals surface area contributed by atoms with Crippen LogP contribution in [0.1, 0.15) is 6.38 Å². The highest BCUT2D eigenvalue weighted by Gasteiger charge is 2.16. The highest BCUT2D eigenvalue weighted by Crippen LogP contribution is 2.37. The van der Waals surface area contributed by atoms with Crippen molar-refractivity contribution in [3.63, 3.8) is 0 Å². The van der Waals surface area contributed by atoms with E-state index in [1.165, 1.54) is 42.5 Å². The molecule has 0 aliphatic rings. The molecule has 0 fully saturated rings. The molecule has 1 heterocycles. The number of nitrogens with zero attached hydrogens (tertiary/aromatic N) is 1. The summed E-state index contributed by atoms with van der Waals surface area (Å²) in [6.07, 6.45) is 1.07. The van der Waals surface area contributed by atoms with Gasteiger partial charge in [-0.25, -0.2) is 22.2 Å². The second kappa shape index (κ2) is 6.41. The molecule has 0 saturated heterocycles. The molecule has 0 aliphatic carbocycles. The smallest absolute Gasteiger partial charge is 0.175 e. The lowest BCUT2D eigenvalue weighted by Gasteiger charge is -2.04. The average molecular weight is 367 g/mol. The fourth-order valence-corrected chi connectivity index (χ4v) is 3.70. The van der Waals surface area contributed by atoms with Crippen molar-refractivity contribution in [3.05, 3.63) is 59.3 Å². The molecule has 124 valence electrons. The summed E-state index contributed by atoms with van der Waals surface area (Å²) in [5.74, 6) is -0.398. The normalized spacial score (nSPS) is 12.2. The summed E-state index contributed by atoms with van der Waals surface area (Å²) in [5.41, 5.74) is 1.49. The minimum Gasteiger partial charge on any atom is -0.243 e. The first-order valence-corrected chi connectivity index (χ1v) is 9.63. The molecule has 0 N–H and O–H groups in total. The zero-order chi connectivity index (χ0) is 18.2. The Morgan fingerprint density at radius 2 is 1.79 bits per heavy atom. The quantitative estimate of drug-likeness (QED) is 0.683. The van der Waals surface area contributed by atoms with E-state index in [0.717, 1.165) is 17.6 Å². The number of aromatic nitrogens is 1. The van der Waals surface area contributed by atoms with Gasteiger partial charge in [0, 0.05) is 11.8 Å². The SMILES string of the molecule is [3H]c1cc(S(C)(=O)=O)ccc1-c1sc(CF)nc1-c1ccc(F)cc1. The average Bonchev–Trinajstić information content (AvgIpc) is 2.98. The van der Waals surface area contributed by atoms with Crippen LogP contribution in [0.3, 0.4) is 0 Å². The van der Waals surface area contributed by atoms with E-state index in [-0.39, 0.29) is 15.9 Å². The Morgan fingerprint density at radius 3 is 2.38 bits per heavy atom. The highest BCUT2D eigenvalue weighted by molar-refractivity contribution is 7.90. The van der Waals surface area contributed by atoms with Gasteiger partial charge in [-0.05, 0) is 42.0 Å². The van der Waals surface area contributed by atoms with E-state index >= 15 is 0 Å². The van der Waals surface area contributed by atoms with Gasteiger partial charge in [-0.15, -0.1) is 11.3 Å². The molecule has 0 spiro atoms. The Hall–Kier alpha value is -2.12. The van der Waals surface area contributed by atoms with Crippen LogP contribution in [0.5, 0.6) is 0 Å². The van der Waals surface area contributed by atoms with Crippen LogP contribution in [0.15, 0.2) is 53.4 Å². The monoisotopic (exact) mass is 367 g/mol. The van der Waals surface area contributed by atoms with Crippen molar-refractivity contribution in [2.75, 3.05) is 6.26 Å². The summed E-state index contributed by atoms with van der Waals surface area (Å²) >= 11 is 1.09. The molecular formula is C17H13F2NO2S2. The molecule has 0 aliphatic heterocycles. The third-order valence-electron chi connectivity index (χ3n) is 3.36. The largest absolute Gasteiger partial charge is 0.243 e. The number of sulfone groups is 1. The first-order valence-electron chi connectivity index (χ1n) is 7.42. The molecule has 2 aromatic carbocycles. The fraction of sp³-hybridized carbons (Fsp3) is 0.118. The van der Waals surface area contributed by atoms with E-state index in [0.29, 0.717) is 21.7 Å². The van der Waals surface area contributed by atoms with Crippen LogP contribution in [0.25, 0.3) is 21.7 Å². The van der Waals surface area contributed by atoms with Crippen molar-refractivity contribution in [3.8, 4) is 21.7 Å². The van der Waals surface area contributed by atoms with Crippen LogP contribution in [-0.2, 0) is 16.5 Å². The van der Waals surface area contributed by atoms with Crippen LogP contribution in [0, 0.1) is 5.82 Å².